The molecule has 6 heteroatoms. The molecule has 0 fully saturated rings. The van der Waals surface area contributed by atoms with Crippen LogP contribution in [0.4, 0.5) is 0 Å². The van der Waals surface area contributed by atoms with Gasteiger partial charge in [-0.1, -0.05) is 0 Å². The fourth-order valence-electron chi connectivity index (χ4n) is 0.790. The molecule has 0 saturated carbocycles. The molecule has 0 atom stereocenters. The molecule has 0 spiro atoms. The second-order valence-corrected chi connectivity index (χ2v) is 2.27. The lowest BCUT2D eigenvalue weighted by molar-refractivity contribution is 0.0748. The summed E-state index contributed by atoms with van der Waals surface area (Å²) in [6.07, 6.45) is 0. The number of hydrogen-bond acceptors (Lipinski definition) is 5. The SMILES string of the molecule is [B]OC(=O)c1cc(O)c(O)c(O)c1. The number of hydrogen-bond donors (Lipinski definition) is 3. The quantitative estimate of drug-likeness (QED) is 0.419. The maximum Gasteiger partial charge on any atom is 0.378 e. The van der Waals surface area contributed by atoms with Gasteiger partial charge in [0.25, 0.3) is 0 Å². The second-order valence-electron chi connectivity index (χ2n) is 2.27. The number of rotatable bonds is 1. The Morgan fingerprint density at radius 1 is 1.23 bits per heavy atom. The van der Waals surface area contributed by atoms with Gasteiger partial charge in [-0.05, 0) is 12.1 Å². The average Bonchev–Trinajstić information content (AvgIpc) is 2.12. The van der Waals surface area contributed by atoms with E-state index >= 15 is 0 Å². The van der Waals surface area contributed by atoms with E-state index in [0.717, 1.165) is 12.1 Å². The van der Waals surface area contributed by atoms with Crippen LogP contribution in [-0.2, 0) is 4.65 Å². The standard InChI is InChI=1S/C7H5BO5/c8-13-7(12)3-1-4(9)6(11)5(10)2-3/h1-2,9-11H. The molecule has 0 amide bonds. The van der Waals surface area contributed by atoms with Crippen LogP contribution in [0.25, 0.3) is 0 Å². The predicted octanol–water partition coefficient (Wildman–Crippen LogP) is 0.0437. The van der Waals surface area contributed by atoms with Gasteiger partial charge in [0, 0.05) is 0 Å². The number of phenolic OH excluding ortho intramolecular Hbond substituents is 3. The molecule has 0 aliphatic carbocycles. The van der Waals surface area contributed by atoms with E-state index in [-0.39, 0.29) is 5.56 Å². The van der Waals surface area contributed by atoms with Crippen LogP contribution in [0.1, 0.15) is 10.4 Å². The van der Waals surface area contributed by atoms with E-state index in [4.69, 9.17) is 15.3 Å². The van der Waals surface area contributed by atoms with E-state index in [1.54, 1.807) is 0 Å². The van der Waals surface area contributed by atoms with Crippen molar-refractivity contribution in [2.45, 2.75) is 0 Å². The first-order valence-electron chi connectivity index (χ1n) is 3.22. The first-order valence-corrected chi connectivity index (χ1v) is 3.22. The van der Waals surface area contributed by atoms with Crippen molar-refractivity contribution in [3.8, 4) is 17.2 Å². The summed E-state index contributed by atoms with van der Waals surface area (Å²) in [6, 6.07) is 1.84. The van der Waals surface area contributed by atoms with Crippen LogP contribution >= 0.6 is 0 Å². The van der Waals surface area contributed by atoms with Crippen molar-refractivity contribution in [2.24, 2.45) is 0 Å². The van der Waals surface area contributed by atoms with Gasteiger partial charge in [-0.25, -0.2) is 4.79 Å². The Morgan fingerprint density at radius 3 is 2.08 bits per heavy atom. The summed E-state index contributed by atoms with van der Waals surface area (Å²) in [5.74, 6) is -2.88. The maximum atomic E-state index is 10.8. The first-order chi connectivity index (χ1) is 6.06. The monoisotopic (exact) mass is 180 g/mol. The van der Waals surface area contributed by atoms with Gasteiger partial charge in [-0.3, -0.25) is 0 Å². The summed E-state index contributed by atoms with van der Waals surface area (Å²) in [7, 11) is 4.57. The fraction of sp³-hybridized carbons (Fsp3) is 0. The van der Waals surface area contributed by atoms with Gasteiger partial charge in [-0.2, -0.15) is 0 Å². The highest BCUT2D eigenvalue weighted by atomic mass is 16.5. The number of phenols is 3. The molecule has 66 valence electrons. The molecule has 3 N–H and O–H groups in total. The third kappa shape index (κ3) is 1.66. The fourth-order valence-corrected chi connectivity index (χ4v) is 0.790. The number of carbonyl (C=O) groups excluding carboxylic acids is 1. The molecular weight excluding hydrogens is 175 g/mol. The Kier molecular flexibility index (Phi) is 2.32. The highest BCUT2D eigenvalue weighted by Gasteiger charge is 2.12. The molecule has 0 bridgehead atoms. The van der Waals surface area contributed by atoms with Gasteiger partial charge in [0.05, 0.1) is 5.56 Å². The Morgan fingerprint density at radius 2 is 1.69 bits per heavy atom. The lowest BCUT2D eigenvalue weighted by Crippen LogP contribution is -2.01. The van der Waals surface area contributed by atoms with Crippen molar-refractivity contribution in [3.05, 3.63) is 17.7 Å². The molecular formula is C7H5BO5. The van der Waals surface area contributed by atoms with Gasteiger partial charge >= 0.3 is 14.0 Å². The molecule has 0 aliphatic heterocycles. The lowest BCUT2D eigenvalue weighted by atomic mass is 10.2. The highest BCUT2D eigenvalue weighted by molar-refractivity contribution is 6.09. The second kappa shape index (κ2) is 3.26. The minimum Gasteiger partial charge on any atom is -0.540 e. The Hall–Kier alpha value is -1.85. The van der Waals surface area contributed by atoms with Gasteiger partial charge in [0.1, 0.15) is 0 Å². The largest absolute Gasteiger partial charge is 0.540 e. The molecule has 2 radical (unpaired) electrons. The van der Waals surface area contributed by atoms with Crippen molar-refractivity contribution in [2.75, 3.05) is 0 Å². The Bertz CT molecular complexity index is 326. The van der Waals surface area contributed by atoms with Crippen molar-refractivity contribution >= 4 is 14.0 Å². The molecule has 0 heterocycles. The molecule has 1 rings (SSSR count). The van der Waals surface area contributed by atoms with Crippen molar-refractivity contribution in [1.82, 2.24) is 0 Å². The van der Waals surface area contributed by atoms with Crippen LogP contribution in [-0.4, -0.2) is 29.3 Å². The van der Waals surface area contributed by atoms with E-state index < -0.39 is 23.2 Å². The van der Waals surface area contributed by atoms with Crippen LogP contribution in [0.3, 0.4) is 0 Å². The van der Waals surface area contributed by atoms with Crippen LogP contribution < -0.4 is 0 Å². The summed E-state index contributed by atoms with van der Waals surface area (Å²) >= 11 is 0. The van der Waals surface area contributed by atoms with Crippen LogP contribution in [0.5, 0.6) is 17.2 Å². The Labute approximate surface area is 74.6 Å². The van der Waals surface area contributed by atoms with Crippen LogP contribution in [0, 0.1) is 0 Å². The van der Waals surface area contributed by atoms with E-state index in [1.165, 1.54) is 0 Å². The zero-order valence-corrected chi connectivity index (χ0v) is 6.39. The third-order valence-corrected chi connectivity index (χ3v) is 1.41. The summed E-state index contributed by atoms with van der Waals surface area (Å²) in [5, 5.41) is 26.8. The summed E-state index contributed by atoms with van der Waals surface area (Å²) < 4.78 is 3.84. The van der Waals surface area contributed by atoms with Crippen molar-refractivity contribution in [3.63, 3.8) is 0 Å². The van der Waals surface area contributed by atoms with E-state index in [2.05, 4.69) is 12.7 Å². The molecule has 0 saturated heterocycles. The molecule has 1 aromatic carbocycles. The normalized spacial score (nSPS) is 9.54. The first kappa shape index (κ1) is 9.24. The van der Waals surface area contributed by atoms with Gasteiger partial charge in [-0.15, -0.1) is 0 Å². The zero-order chi connectivity index (χ0) is 10.0. The number of benzene rings is 1. The zero-order valence-electron chi connectivity index (χ0n) is 6.39. The van der Waals surface area contributed by atoms with E-state index in [1.807, 2.05) is 0 Å². The predicted molar refractivity (Wildman–Crippen MR) is 42.6 cm³/mol. The van der Waals surface area contributed by atoms with E-state index in [0.29, 0.717) is 0 Å². The summed E-state index contributed by atoms with van der Waals surface area (Å²) in [5.41, 5.74) is -0.157. The van der Waals surface area contributed by atoms with Gasteiger partial charge in [0.15, 0.2) is 17.2 Å². The summed E-state index contributed by atoms with van der Waals surface area (Å²) in [6.45, 7) is 0. The van der Waals surface area contributed by atoms with E-state index in [9.17, 15) is 4.79 Å². The highest BCUT2D eigenvalue weighted by Crippen LogP contribution is 2.35. The van der Waals surface area contributed by atoms with Crippen molar-refractivity contribution in [1.29, 1.82) is 0 Å². The number of carbonyl (C=O) groups is 1. The van der Waals surface area contributed by atoms with Gasteiger partial charge < -0.3 is 20.0 Å². The lowest BCUT2D eigenvalue weighted by Gasteiger charge is -2.03. The minimum absolute atomic E-state index is 0.157. The van der Waals surface area contributed by atoms with Crippen molar-refractivity contribution < 1.29 is 24.8 Å². The van der Waals surface area contributed by atoms with Crippen LogP contribution in [0.15, 0.2) is 12.1 Å². The Balaban J connectivity index is 3.20. The summed E-state index contributed by atoms with van der Waals surface area (Å²) in [4.78, 5) is 10.8. The molecule has 13 heavy (non-hydrogen) atoms. The minimum atomic E-state index is -0.925. The van der Waals surface area contributed by atoms with Crippen LogP contribution in [0.2, 0.25) is 0 Å². The number of aromatic hydroxyl groups is 3. The molecule has 1 aromatic rings. The smallest absolute Gasteiger partial charge is 0.378 e. The average molecular weight is 180 g/mol. The third-order valence-electron chi connectivity index (χ3n) is 1.41. The van der Waals surface area contributed by atoms with Gasteiger partial charge in [0.2, 0.25) is 0 Å². The molecule has 5 nitrogen and oxygen atoms in total. The maximum absolute atomic E-state index is 10.8. The molecule has 0 aliphatic rings. The molecule has 0 aromatic heterocycles. The topological polar surface area (TPSA) is 87.0 Å². The molecule has 0 unspecified atom stereocenters.